The molecule has 3 rings (SSSR count). The molecule has 2 atom stereocenters. The number of amides is 1. The lowest BCUT2D eigenvalue weighted by Gasteiger charge is -2.16. The number of likely N-dealkylation sites (tertiary alicyclic amines) is 1. The minimum atomic E-state index is -0.904. The largest absolute Gasteiger partial charge is 0.491 e. The Balaban J connectivity index is 1.51. The molecule has 0 radical (unpaired) electrons. The molecular weight excluding hydrogens is 298 g/mol. The second kappa shape index (κ2) is 7.00. The smallest absolute Gasteiger partial charge is 0.308 e. The molecule has 2 aliphatic heterocycles. The van der Waals surface area contributed by atoms with E-state index < -0.39 is 11.9 Å². The minimum absolute atomic E-state index is 0.0952. The van der Waals surface area contributed by atoms with Crippen LogP contribution < -0.4 is 4.74 Å². The molecule has 6 heteroatoms. The van der Waals surface area contributed by atoms with Crippen LogP contribution in [0.25, 0.3) is 0 Å². The van der Waals surface area contributed by atoms with E-state index in [9.17, 15) is 9.59 Å². The van der Waals surface area contributed by atoms with E-state index in [1.54, 1.807) is 4.90 Å². The Morgan fingerprint density at radius 3 is 2.74 bits per heavy atom. The van der Waals surface area contributed by atoms with Crippen LogP contribution in [0.4, 0.5) is 0 Å². The number of hydrogen-bond acceptors (Lipinski definition) is 4. The molecule has 2 saturated heterocycles. The number of carbonyl (C=O) groups is 2. The van der Waals surface area contributed by atoms with Crippen molar-refractivity contribution in [3.63, 3.8) is 0 Å². The highest BCUT2D eigenvalue weighted by atomic mass is 16.5. The van der Waals surface area contributed by atoms with Gasteiger partial charge in [0.1, 0.15) is 12.4 Å². The van der Waals surface area contributed by atoms with Gasteiger partial charge in [-0.1, -0.05) is 12.1 Å². The highest BCUT2D eigenvalue weighted by Gasteiger charge is 2.34. The van der Waals surface area contributed by atoms with Crippen LogP contribution in [0.15, 0.2) is 24.3 Å². The molecular formula is C17H21NO5. The van der Waals surface area contributed by atoms with Crippen LogP contribution in [0.2, 0.25) is 0 Å². The molecule has 2 aliphatic rings. The molecule has 0 saturated carbocycles. The van der Waals surface area contributed by atoms with Crippen LogP contribution in [-0.4, -0.2) is 47.7 Å². The lowest BCUT2D eigenvalue weighted by Crippen LogP contribution is -2.25. The number of carbonyl (C=O) groups excluding carboxylic acids is 1. The molecule has 0 aromatic heterocycles. The van der Waals surface area contributed by atoms with Crippen LogP contribution in [0, 0.1) is 5.92 Å². The molecule has 23 heavy (non-hydrogen) atoms. The number of nitrogens with zero attached hydrogens (tertiary/aromatic N) is 1. The monoisotopic (exact) mass is 319 g/mol. The van der Waals surface area contributed by atoms with Gasteiger partial charge in [0.15, 0.2) is 0 Å². The van der Waals surface area contributed by atoms with Gasteiger partial charge in [-0.25, -0.2) is 0 Å². The van der Waals surface area contributed by atoms with Crippen molar-refractivity contribution < 1.29 is 24.2 Å². The Bertz CT molecular complexity index is 565. The highest BCUT2D eigenvalue weighted by molar-refractivity contribution is 5.86. The van der Waals surface area contributed by atoms with E-state index in [0.717, 1.165) is 30.8 Å². The second-order valence-corrected chi connectivity index (χ2v) is 6.10. The van der Waals surface area contributed by atoms with E-state index >= 15 is 0 Å². The van der Waals surface area contributed by atoms with Crippen molar-refractivity contribution in [2.45, 2.75) is 31.9 Å². The van der Waals surface area contributed by atoms with Crippen molar-refractivity contribution >= 4 is 11.9 Å². The van der Waals surface area contributed by atoms with Crippen molar-refractivity contribution in [3.05, 3.63) is 29.8 Å². The number of benzene rings is 1. The van der Waals surface area contributed by atoms with Crippen LogP contribution in [-0.2, 0) is 20.9 Å². The molecule has 6 nitrogen and oxygen atoms in total. The van der Waals surface area contributed by atoms with Gasteiger partial charge in [0.25, 0.3) is 0 Å². The first-order valence-electron chi connectivity index (χ1n) is 7.96. The molecule has 1 N–H and O–H groups in total. The van der Waals surface area contributed by atoms with E-state index in [0.29, 0.717) is 13.2 Å². The van der Waals surface area contributed by atoms with Gasteiger partial charge in [0, 0.05) is 26.1 Å². The molecule has 1 aromatic carbocycles. The van der Waals surface area contributed by atoms with E-state index in [2.05, 4.69) is 0 Å². The van der Waals surface area contributed by atoms with Crippen LogP contribution >= 0.6 is 0 Å². The molecule has 1 aromatic rings. The summed E-state index contributed by atoms with van der Waals surface area (Å²) in [6.07, 6.45) is 2.41. The normalized spacial score (nSPS) is 24.2. The summed E-state index contributed by atoms with van der Waals surface area (Å²) in [5.41, 5.74) is 0.967. The SMILES string of the molecule is O=C(O)[C@@H]1CC(=O)N(Cc2ccc(OC[C@H]3CCCO3)cc2)C1. The van der Waals surface area contributed by atoms with Crippen molar-refractivity contribution in [2.24, 2.45) is 5.92 Å². The minimum Gasteiger partial charge on any atom is -0.491 e. The Morgan fingerprint density at radius 1 is 1.35 bits per heavy atom. The first kappa shape index (κ1) is 15.8. The topological polar surface area (TPSA) is 76.1 Å². The Labute approximate surface area is 135 Å². The van der Waals surface area contributed by atoms with Gasteiger partial charge < -0.3 is 19.5 Å². The Kier molecular flexibility index (Phi) is 4.81. The second-order valence-electron chi connectivity index (χ2n) is 6.10. The van der Waals surface area contributed by atoms with Gasteiger partial charge in [-0.3, -0.25) is 9.59 Å². The van der Waals surface area contributed by atoms with Gasteiger partial charge >= 0.3 is 5.97 Å². The summed E-state index contributed by atoms with van der Waals surface area (Å²) >= 11 is 0. The van der Waals surface area contributed by atoms with E-state index in [4.69, 9.17) is 14.6 Å². The van der Waals surface area contributed by atoms with Crippen LogP contribution in [0.1, 0.15) is 24.8 Å². The summed E-state index contributed by atoms with van der Waals surface area (Å²) in [7, 11) is 0. The molecule has 124 valence electrons. The van der Waals surface area contributed by atoms with Gasteiger partial charge in [-0.2, -0.15) is 0 Å². The zero-order chi connectivity index (χ0) is 16.2. The number of carboxylic acids is 1. The zero-order valence-electron chi connectivity index (χ0n) is 12.9. The zero-order valence-corrected chi connectivity index (χ0v) is 12.9. The number of aliphatic carboxylic acids is 1. The average Bonchev–Trinajstić information content (AvgIpc) is 3.17. The fourth-order valence-electron chi connectivity index (χ4n) is 2.97. The summed E-state index contributed by atoms with van der Waals surface area (Å²) in [6, 6.07) is 7.57. The maximum atomic E-state index is 11.8. The predicted molar refractivity (Wildman–Crippen MR) is 82.1 cm³/mol. The number of rotatable bonds is 6. The Morgan fingerprint density at radius 2 is 2.13 bits per heavy atom. The quantitative estimate of drug-likeness (QED) is 0.863. The van der Waals surface area contributed by atoms with E-state index in [1.807, 2.05) is 24.3 Å². The standard InChI is InChI=1S/C17H21NO5/c19-16-8-13(17(20)21)10-18(16)9-12-3-5-14(6-4-12)23-11-15-2-1-7-22-15/h3-6,13,15H,1-2,7-11H2,(H,20,21)/t13-,15-/m1/s1. The lowest BCUT2D eigenvalue weighted by molar-refractivity contribution is -0.141. The van der Waals surface area contributed by atoms with E-state index in [-0.39, 0.29) is 25.0 Å². The first-order chi connectivity index (χ1) is 11.1. The van der Waals surface area contributed by atoms with Crippen molar-refractivity contribution in [3.8, 4) is 5.75 Å². The van der Waals surface area contributed by atoms with E-state index in [1.165, 1.54) is 0 Å². The third-order valence-electron chi connectivity index (χ3n) is 4.32. The fraction of sp³-hybridized carbons (Fsp3) is 0.529. The summed E-state index contributed by atoms with van der Waals surface area (Å²) < 4.78 is 11.2. The molecule has 0 aliphatic carbocycles. The molecule has 1 amide bonds. The van der Waals surface area contributed by atoms with Crippen molar-refractivity contribution in [2.75, 3.05) is 19.8 Å². The lowest BCUT2D eigenvalue weighted by atomic mass is 10.1. The van der Waals surface area contributed by atoms with Gasteiger partial charge in [-0.05, 0) is 30.5 Å². The molecule has 0 unspecified atom stereocenters. The fourth-order valence-corrected chi connectivity index (χ4v) is 2.97. The molecule has 0 spiro atoms. The maximum Gasteiger partial charge on any atom is 0.308 e. The van der Waals surface area contributed by atoms with Crippen LogP contribution in [0.5, 0.6) is 5.75 Å². The summed E-state index contributed by atoms with van der Waals surface area (Å²) in [5, 5.41) is 8.99. The van der Waals surface area contributed by atoms with Gasteiger partial charge in [-0.15, -0.1) is 0 Å². The van der Waals surface area contributed by atoms with Crippen molar-refractivity contribution in [1.29, 1.82) is 0 Å². The summed E-state index contributed by atoms with van der Waals surface area (Å²) in [6.45, 7) is 2.10. The van der Waals surface area contributed by atoms with Crippen molar-refractivity contribution in [1.82, 2.24) is 4.90 Å². The van der Waals surface area contributed by atoms with Gasteiger partial charge in [0.2, 0.25) is 5.91 Å². The molecule has 2 heterocycles. The Hall–Kier alpha value is -2.08. The number of hydrogen-bond donors (Lipinski definition) is 1. The van der Waals surface area contributed by atoms with Crippen LogP contribution in [0.3, 0.4) is 0 Å². The first-order valence-corrected chi connectivity index (χ1v) is 7.96. The number of ether oxygens (including phenoxy) is 2. The maximum absolute atomic E-state index is 11.8. The summed E-state index contributed by atoms with van der Waals surface area (Å²) in [4.78, 5) is 24.4. The molecule has 0 bridgehead atoms. The van der Waals surface area contributed by atoms with Gasteiger partial charge in [0.05, 0.1) is 12.0 Å². The summed E-state index contributed by atoms with van der Waals surface area (Å²) in [5.74, 6) is -0.813. The highest BCUT2D eigenvalue weighted by Crippen LogP contribution is 2.22. The third kappa shape index (κ3) is 4.01. The number of carboxylic acid groups (broad SMARTS) is 1. The average molecular weight is 319 g/mol. The predicted octanol–water partition coefficient (Wildman–Crippen LogP) is 1.68. The third-order valence-corrected chi connectivity index (χ3v) is 4.32. The molecule has 2 fully saturated rings.